The Kier molecular flexibility index (Phi) is 5.34. The first kappa shape index (κ1) is 14.9. The Labute approximate surface area is 131 Å². The molecule has 0 bridgehead atoms. The molecule has 0 fully saturated rings. The summed E-state index contributed by atoms with van der Waals surface area (Å²) in [5, 5.41) is 4.01. The van der Waals surface area contributed by atoms with Crippen LogP contribution in [0.4, 0.5) is 0 Å². The third kappa shape index (κ3) is 3.99. The van der Waals surface area contributed by atoms with Gasteiger partial charge in [-0.3, -0.25) is 0 Å². The molecule has 0 heterocycles. The van der Waals surface area contributed by atoms with Crippen molar-refractivity contribution in [3.05, 3.63) is 57.5 Å². The molecule has 2 aromatic rings. The zero-order chi connectivity index (χ0) is 13.8. The summed E-state index contributed by atoms with van der Waals surface area (Å²) >= 11 is 11.3. The van der Waals surface area contributed by atoms with Crippen LogP contribution in [-0.2, 0) is 0 Å². The third-order valence-electron chi connectivity index (χ3n) is 2.92. The van der Waals surface area contributed by atoms with Crippen LogP contribution in [0, 0.1) is 0 Å². The Morgan fingerprint density at radius 3 is 2.32 bits per heavy atom. The highest BCUT2D eigenvalue weighted by Crippen LogP contribution is 2.33. The highest BCUT2D eigenvalue weighted by molar-refractivity contribution is 9.10. The van der Waals surface area contributed by atoms with Gasteiger partial charge in [0, 0.05) is 25.3 Å². The van der Waals surface area contributed by atoms with Gasteiger partial charge in [-0.05, 0) is 55.9 Å². The van der Waals surface area contributed by atoms with Crippen LogP contribution in [0.5, 0.6) is 0 Å². The summed E-state index contributed by atoms with van der Waals surface area (Å²) in [7, 11) is 1.97. The molecule has 2 aromatic carbocycles. The van der Waals surface area contributed by atoms with Gasteiger partial charge in [-0.15, -0.1) is 0 Å². The first-order chi connectivity index (χ1) is 9.10. The molecule has 100 valence electrons. The summed E-state index contributed by atoms with van der Waals surface area (Å²) in [6.07, 6.45) is 0. The van der Waals surface area contributed by atoms with Crippen LogP contribution in [0.15, 0.2) is 56.7 Å². The van der Waals surface area contributed by atoms with E-state index in [1.54, 1.807) is 11.8 Å². The zero-order valence-electron chi connectivity index (χ0n) is 10.8. The van der Waals surface area contributed by atoms with Crippen LogP contribution in [0.3, 0.4) is 0 Å². The van der Waals surface area contributed by atoms with Crippen molar-refractivity contribution in [3.63, 3.8) is 0 Å². The van der Waals surface area contributed by atoms with Gasteiger partial charge in [0.15, 0.2) is 0 Å². The standard InChI is InChI=1S/C15H15BrClNS/c1-10(18-2)14-8-7-13(9-15(14)16)19-12-5-3-11(17)4-6-12/h3-10,18H,1-2H3. The Balaban J connectivity index is 2.18. The molecular formula is C15H15BrClNS. The van der Waals surface area contributed by atoms with Gasteiger partial charge in [0.05, 0.1) is 0 Å². The largest absolute Gasteiger partial charge is 0.313 e. The number of nitrogens with one attached hydrogen (secondary N) is 1. The molecule has 0 aliphatic carbocycles. The van der Waals surface area contributed by atoms with Gasteiger partial charge < -0.3 is 5.32 Å². The lowest BCUT2D eigenvalue weighted by Crippen LogP contribution is -2.12. The Hall–Kier alpha value is -0.480. The van der Waals surface area contributed by atoms with E-state index >= 15 is 0 Å². The number of rotatable bonds is 4. The van der Waals surface area contributed by atoms with Crippen molar-refractivity contribution in [2.75, 3.05) is 7.05 Å². The minimum Gasteiger partial charge on any atom is -0.313 e. The lowest BCUT2D eigenvalue weighted by molar-refractivity contribution is 0.649. The Bertz CT molecular complexity index is 557. The van der Waals surface area contributed by atoms with Gasteiger partial charge in [-0.1, -0.05) is 45.4 Å². The number of hydrogen-bond acceptors (Lipinski definition) is 2. The third-order valence-corrected chi connectivity index (χ3v) is 4.86. The second-order valence-corrected chi connectivity index (χ2v) is 6.69. The SMILES string of the molecule is CNC(C)c1ccc(Sc2ccc(Cl)cc2)cc1Br. The molecule has 4 heteroatoms. The molecule has 0 amide bonds. The summed E-state index contributed by atoms with van der Waals surface area (Å²) in [5.74, 6) is 0. The van der Waals surface area contributed by atoms with Gasteiger partial charge in [-0.25, -0.2) is 0 Å². The van der Waals surface area contributed by atoms with Crippen LogP contribution < -0.4 is 5.32 Å². The van der Waals surface area contributed by atoms with E-state index in [-0.39, 0.29) is 0 Å². The average molecular weight is 357 g/mol. The van der Waals surface area contributed by atoms with E-state index in [1.165, 1.54) is 15.4 Å². The van der Waals surface area contributed by atoms with Crippen molar-refractivity contribution in [2.24, 2.45) is 0 Å². The normalized spacial score (nSPS) is 12.4. The number of benzene rings is 2. The van der Waals surface area contributed by atoms with Crippen molar-refractivity contribution >= 4 is 39.3 Å². The van der Waals surface area contributed by atoms with Crippen LogP contribution in [0.25, 0.3) is 0 Å². The van der Waals surface area contributed by atoms with Crippen LogP contribution in [0.1, 0.15) is 18.5 Å². The van der Waals surface area contributed by atoms with Crippen LogP contribution in [0.2, 0.25) is 5.02 Å². The topological polar surface area (TPSA) is 12.0 Å². The lowest BCUT2D eigenvalue weighted by Gasteiger charge is -2.13. The predicted octanol–water partition coefficient (Wildman–Crippen LogP) is 5.53. The van der Waals surface area contributed by atoms with Gasteiger partial charge in [0.25, 0.3) is 0 Å². The molecule has 0 spiro atoms. The van der Waals surface area contributed by atoms with Crippen LogP contribution in [-0.4, -0.2) is 7.05 Å². The summed E-state index contributed by atoms with van der Waals surface area (Å²) < 4.78 is 1.13. The maximum Gasteiger partial charge on any atom is 0.0406 e. The highest BCUT2D eigenvalue weighted by Gasteiger charge is 2.08. The van der Waals surface area contributed by atoms with Crippen molar-refractivity contribution in [1.29, 1.82) is 0 Å². The second-order valence-electron chi connectivity index (χ2n) is 4.25. The first-order valence-electron chi connectivity index (χ1n) is 6.00. The quantitative estimate of drug-likeness (QED) is 0.772. The fraction of sp³-hybridized carbons (Fsp3) is 0.200. The van der Waals surface area contributed by atoms with E-state index < -0.39 is 0 Å². The smallest absolute Gasteiger partial charge is 0.0406 e. The van der Waals surface area contributed by atoms with E-state index in [0.717, 1.165) is 9.50 Å². The van der Waals surface area contributed by atoms with Gasteiger partial charge in [0.2, 0.25) is 0 Å². The van der Waals surface area contributed by atoms with Crippen molar-refractivity contribution in [2.45, 2.75) is 22.8 Å². The summed E-state index contributed by atoms with van der Waals surface area (Å²) in [6, 6.07) is 14.7. The fourth-order valence-corrected chi connectivity index (χ4v) is 3.57. The van der Waals surface area contributed by atoms with Crippen molar-refractivity contribution < 1.29 is 0 Å². The van der Waals surface area contributed by atoms with Crippen molar-refractivity contribution in [1.82, 2.24) is 5.32 Å². The van der Waals surface area contributed by atoms with Gasteiger partial charge >= 0.3 is 0 Å². The molecule has 0 saturated carbocycles. The van der Waals surface area contributed by atoms with E-state index in [0.29, 0.717) is 6.04 Å². The molecular weight excluding hydrogens is 342 g/mol. The van der Waals surface area contributed by atoms with Gasteiger partial charge in [-0.2, -0.15) is 0 Å². The summed E-state index contributed by atoms with van der Waals surface area (Å²) in [6.45, 7) is 2.14. The molecule has 2 rings (SSSR count). The van der Waals surface area contributed by atoms with Crippen LogP contribution >= 0.6 is 39.3 Å². The van der Waals surface area contributed by atoms with E-state index in [2.05, 4.69) is 46.4 Å². The summed E-state index contributed by atoms with van der Waals surface area (Å²) in [4.78, 5) is 2.40. The molecule has 0 aromatic heterocycles. The fourth-order valence-electron chi connectivity index (χ4n) is 1.72. The van der Waals surface area contributed by atoms with E-state index in [4.69, 9.17) is 11.6 Å². The van der Waals surface area contributed by atoms with Gasteiger partial charge in [0.1, 0.15) is 0 Å². The Morgan fingerprint density at radius 1 is 1.11 bits per heavy atom. The highest BCUT2D eigenvalue weighted by atomic mass is 79.9. The molecule has 1 unspecified atom stereocenters. The molecule has 0 aliphatic rings. The summed E-state index contributed by atoms with van der Waals surface area (Å²) in [5.41, 5.74) is 1.27. The molecule has 0 saturated heterocycles. The molecule has 1 N–H and O–H groups in total. The van der Waals surface area contributed by atoms with E-state index in [1.807, 2.05) is 31.3 Å². The molecule has 0 radical (unpaired) electrons. The minimum atomic E-state index is 0.337. The average Bonchev–Trinajstić information content (AvgIpc) is 2.41. The predicted molar refractivity (Wildman–Crippen MR) is 87.2 cm³/mol. The number of halogens is 2. The maximum absolute atomic E-state index is 5.89. The molecule has 1 atom stereocenters. The molecule has 0 aliphatic heterocycles. The molecule has 1 nitrogen and oxygen atoms in total. The first-order valence-corrected chi connectivity index (χ1v) is 7.99. The van der Waals surface area contributed by atoms with Crippen molar-refractivity contribution in [3.8, 4) is 0 Å². The molecule has 19 heavy (non-hydrogen) atoms. The second kappa shape index (κ2) is 6.80. The monoisotopic (exact) mass is 355 g/mol. The minimum absolute atomic E-state index is 0.337. The maximum atomic E-state index is 5.89. The lowest BCUT2D eigenvalue weighted by atomic mass is 10.1. The number of hydrogen-bond donors (Lipinski definition) is 1. The Morgan fingerprint density at radius 2 is 1.74 bits per heavy atom. The van der Waals surface area contributed by atoms with E-state index in [9.17, 15) is 0 Å². The zero-order valence-corrected chi connectivity index (χ0v) is 13.9.